The average Bonchev–Trinajstić information content (AvgIpc) is 3.25. The predicted molar refractivity (Wildman–Crippen MR) is 230 cm³/mol. The monoisotopic (exact) mass is 855 g/mol. The highest BCUT2D eigenvalue weighted by Gasteiger charge is 2.32. The number of hydrogen-bond donors (Lipinski definition) is 10. The highest BCUT2D eigenvalue weighted by atomic mass is 16.3. The molecular weight excluding hydrogens is 799 g/mol. The number of nitrogens with zero attached hydrogens (tertiary/aromatic N) is 2. The molecule has 1 fully saturated rings. The van der Waals surface area contributed by atoms with Gasteiger partial charge in [-0.1, -0.05) is 91.0 Å². The molecule has 1 saturated heterocycles. The number of primary amides is 1. The van der Waals surface area contributed by atoms with E-state index in [4.69, 9.17) is 17.2 Å². The fourth-order valence-electron chi connectivity index (χ4n) is 6.37. The molecule has 0 saturated carbocycles. The van der Waals surface area contributed by atoms with Crippen molar-refractivity contribution in [1.29, 1.82) is 0 Å². The van der Waals surface area contributed by atoms with Crippen LogP contribution in [0.4, 0.5) is 0 Å². The van der Waals surface area contributed by atoms with Crippen LogP contribution in [0.2, 0.25) is 0 Å². The van der Waals surface area contributed by atoms with Gasteiger partial charge >= 0.3 is 0 Å². The first-order valence-corrected chi connectivity index (χ1v) is 20.4. The minimum absolute atomic E-state index is 0.0103. The maximum absolute atomic E-state index is 14.2. The number of nitrogens with one attached hydrogen (secondary N) is 6. The highest BCUT2D eigenvalue weighted by molar-refractivity contribution is 5.97. The van der Waals surface area contributed by atoms with Crippen LogP contribution in [-0.2, 0) is 52.8 Å². The molecule has 1 aliphatic rings. The Balaban J connectivity index is 1.53. The maximum Gasteiger partial charge on any atom is 0.245 e. The van der Waals surface area contributed by atoms with E-state index in [1.54, 1.807) is 84.9 Å². The molecule has 4 rings (SSSR count). The Kier molecular flexibility index (Phi) is 19.3. The van der Waals surface area contributed by atoms with E-state index in [1.807, 2.05) is 11.0 Å². The van der Waals surface area contributed by atoms with Gasteiger partial charge in [-0.2, -0.15) is 0 Å². The zero-order valence-corrected chi connectivity index (χ0v) is 34.5. The third-order valence-corrected chi connectivity index (χ3v) is 9.98. The van der Waals surface area contributed by atoms with Gasteiger partial charge in [-0.25, -0.2) is 0 Å². The Morgan fingerprint density at radius 3 is 1.50 bits per heavy atom. The van der Waals surface area contributed by atoms with Crippen LogP contribution >= 0.6 is 0 Å². The van der Waals surface area contributed by atoms with E-state index < -0.39 is 84.7 Å². The highest BCUT2D eigenvalue weighted by Crippen LogP contribution is 2.10. The summed E-state index contributed by atoms with van der Waals surface area (Å²) in [6, 6.07) is 19.9. The fraction of sp³-hybridized carbons (Fsp3) is 0.395. The molecule has 13 N–H and O–H groups in total. The summed E-state index contributed by atoms with van der Waals surface area (Å²) in [5.74, 6) is -4.95. The summed E-state index contributed by atoms with van der Waals surface area (Å²) in [6.07, 6.45) is 1.41. The second-order valence-electron chi connectivity index (χ2n) is 14.7. The van der Waals surface area contributed by atoms with Crippen LogP contribution in [0.15, 0.2) is 96.0 Å². The van der Waals surface area contributed by atoms with Gasteiger partial charge in [0, 0.05) is 38.9 Å². The summed E-state index contributed by atoms with van der Waals surface area (Å²) >= 11 is 0. The van der Waals surface area contributed by atoms with E-state index in [0.29, 0.717) is 23.5 Å². The Morgan fingerprint density at radius 1 is 0.597 bits per heavy atom. The third-order valence-electron chi connectivity index (χ3n) is 9.98. The molecule has 0 aromatic heterocycles. The molecular formula is C43H57N11O8. The van der Waals surface area contributed by atoms with Crippen molar-refractivity contribution in [2.24, 2.45) is 22.2 Å². The van der Waals surface area contributed by atoms with E-state index >= 15 is 0 Å². The van der Waals surface area contributed by atoms with Gasteiger partial charge in [0.1, 0.15) is 30.2 Å². The molecule has 0 bridgehead atoms. The number of nitrogens with two attached hydrogens (primary N) is 3. The largest absolute Gasteiger partial charge is 0.394 e. The van der Waals surface area contributed by atoms with Crippen molar-refractivity contribution in [1.82, 2.24) is 36.8 Å². The third kappa shape index (κ3) is 16.0. The maximum atomic E-state index is 14.2. The predicted octanol–water partition coefficient (Wildman–Crippen LogP) is -2.51. The molecule has 19 heteroatoms. The second-order valence-corrected chi connectivity index (χ2v) is 14.7. The standard InChI is InChI=1S/C43H57N11O8/c44-25-36(56)48-26-37(57)49-33(23-29-14-6-2-7-15-29)40(60)53-35(27-55)42(62)52-34(24-30-16-8-3-9-17-30)41(61)50-31(18-10-19-47-43(46)54-20-11-21-54)39(59)51-32(38(45)58)22-28-12-4-1-5-13-28/h1-9,12-17,31-35,55H,10-11,18-27,44H2,(H2,45,58)(H2,46,47)(H,48,56)(H,49,57)(H,50,61)(H,51,59)(H,52,62)(H,53,60)/t31-,32-,33-,34-,35-/m0/s1. The SMILES string of the molecule is NCC(=O)NCC(=O)N[C@@H](Cc1ccccc1)C(=O)N[C@@H](CO)C(=O)N[C@@H](Cc1ccccc1)C(=O)N[C@@H](CCCN=C(N)N1CCC1)C(=O)N[C@@H](Cc1ccccc1)C(N)=O. The van der Waals surface area contributed by atoms with E-state index in [-0.39, 0.29) is 38.8 Å². The Labute approximate surface area is 360 Å². The molecule has 3 aromatic carbocycles. The van der Waals surface area contributed by atoms with Crippen LogP contribution in [0, 0.1) is 0 Å². The van der Waals surface area contributed by atoms with Crippen LogP contribution in [0.25, 0.3) is 0 Å². The molecule has 5 atom stereocenters. The summed E-state index contributed by atoms with van der Waals surface area (Å²) < 4.78 is 0. The number of aliphatic imine (C=N–C) groups is 1. The number of likely N-dealkylation sites (tertiary alicyclic amines) is 1. The lowest BCUT2D eigenvalue weighted by Crippen LogP contribution is -2.60. The average molecular weight is 856 g/mol. The summed E-state index contributed by atoms with van der Waals surface area (Å²) in [4.78, 5) is 98.8. The number of guanidine groups is 1. The zero-order valence-electron chi connectivity index (χ0n) is 34.5. The number of aliphatic hydroxyl groups excluding tert-OH is 1. The Hall–Kier alpha value is -6.86. The van der Waals surface area contributed by atoms with Gasteiger partial charge in [0.05, 0.1) is 19.7 Å². The van der Waals surface area contributed by atoms with Crippen LogP contribution < -0.4 is 49.1 Å². The molecule has 0 aliphatic carbocycles. The van der Waals surface area contributed by atoms with E-state index in [9.17, 15) is 38.7 Å². The smallest absolute Gasteiger partial charge is 0.245 e. The Morgan fingerprint density at radius 2 is 1.03 bits per heavy atom. The molecule has 1 aliphatic heterocycles. The second kappa shape index (κ2) is 25.0. The lowest BCUT2D eigenvalue weighted by atomic mass is 10.0. The molecule has 62 heavy (non-hydrogen) atoms. The summed E-state index contributed by atoms with van der Waals surface area (Å²) in [5.41, 5.74) is 19.1. The molecule has 1 heterocycles. The van der Waals surface area contributed by atoms with Crippen molar-refractivity contribution in [3.8, 4) is 0 Å². The molecule has 3 aromatic rings. The van der Waals surface area contributed by atoms with Gasteiger partial charge in [0.15, 0.2) is 5.96 Å². The number of hydrogen-bond acceptors (Lipinski definition) is 10. The molecule has 0 unspecified atom stereocenters. The van der Waals surface area contributed by atoms with Crippen molar-refractivity contribution in [2.45, 2.75) is 68.7 Å². The minimum Gasteiger partial charge on any atom is -0.394 e. The minimum atomic E-state index is -1.59. The molecule has 0 radical (unpaired) electrons. The topological polar surface area (TPSA) is 306 Å². The van der Waals surface area contributed by atoms with Crippen molar-refractivity contribution in [2.75, 3.05) is 39.3 Å². The van der Waals surface area contributed by atoms with E-state index in [0.717, 1.165) is 25.1 Å². The van der Waals surface area contributed by atoms with Gasteiger partial charge in [-0.3, -0.25) is 38.6 Å². The summed E-state index contributed by atoms with van der Waals surface area (Å²) in [6.45, 7) is 0.120. The molecule has 19 nitrogen and oxygen atoms in total. The van der Waals surface area contributed by atoms with Crippen molar-refractivity contribution in [3.05, 3.63) is 108 Å². The van der Waals surface area contributed by atoms with Gasteiger partial charge in [-0.05, 0) is 36.0 Å². The lowest BCUT2D eigenvalue weighted by molar-refractivity contribution is -0.135. The number of rotatable bonds is 24. The van der Waals surface area contributed by atoms with Gasteiger partial charge in [0.25, 0.3) is 0 Å². The van der Waals surface area contributed by atoms with E-state index in [2.05, 4.69) is 36.9 Å². The van der Waals surface area contributed by atoms with Gasteiger partial charge in [0.2, 0.25) is 41.4 Å². The van der Waals surface area contributed by atoms with Crippen LogP contribution in [0.3, 0.4) is 0 Å². The fourth-order valence-corrected chi connectivity index (χ4v) is 6.37. The van der Waals surface area contributed by atoms with Gasteiger partial charge in [-0.15, -0.1) is 0 Å². The number of carbonyl (C=O) groups excluding carboxylic acids is 7. The van der Waals surface area contributed by atoms with Crippen molar-refractivity contribution in [3.63, 3.8) is 0 Å². The molecule has 332 valence electrons. The number of benzene rings is 3. The molecule has 7 amide bonds. The molecule has 0 spiro atoms. The van der Waals surface area contributed by atoms with Gasteiger partial charge < -0.3 is 59.1 Å². The van der Waals surface area contributed by atoms with Crippen LogP contribution in [0.5, 0.6) is 0 Å². The first-order valence-electron chi connectivity index (χ1n) is 20.4. The first kappa shape index (κ1) is 47.8. The number of aliphatic hydroxyl groups is 1. The van der Waals surface area contributed by atoms with E-state index in [1.165, 1.54) is 0 Å². The Bertz CT molecular complexity index is 1980. The van der Waals surface area contributed by atoms with Crippen LogP contribution in [-0.4, -0.2) is 127 Å². The quantitative estimate of drug-likeness (QED) is 0.0255. The summed E-state index contributed by atoms with van der Waals surface area (Å²) in [7, 11) is 0. The van der Waals surface area contributed by atoms with Crippen molar-refractivity contribution < 1.29 is 38.7 Å². The van der Waals surface area contributed by atoms with Crippen molar-refractivity contribution >= 4 is 47.3 Å². The first-order chi connectivity index (χ1) is 29.9. The number of amides is 7. The zero-order chi connectivity index (χ0) is 44.9. The number of carbonyl (C=O) groups is 7. The summed E-state index contributed by atoms with van der Waals surface area (Å²) in [5, 5.41) is 25.7. The lowest BCUT2D eigenvalue weighted by Gasteiger charge is -2.31. The normalized spacial score (nSPS) is 14.7. The van der Waals surface area contributed by atoms with Crippen LogP contribution in [0.1, 0.15) is 36.0 Å².